The minimum Gasteiger partial charge on any atom is -0.326 e. The average Bonchev–Trinajstić information content (AvgIpc) is 3.31. The molecule has 2 bridgehead atoms. The van der Waals surface area contributed by atoms with Gasteiger partial charge in [-0.3, -0.25) is 19.1 Å². The number of ketones is 1. The molecule has 3 aliphatic rings. The number of fused-ring (bicyclic) bond motifs is 4. The zero-order valence-electron chi connectivity index (χ0n) is 22.2. The highest BCUT2D eigenvalue weighted by Crippen LogP contribution is 2.40. The Balaban J connectivity index is 1.30. The normalized spacial score (nSPS) is 20.1. The van der Waals surface area contributed by atoms with Crippen LogP contribution in [0.5, 0.6) is 0 Å². The molecule has 0 unspecified atom stereocenters. The molecule has 7 rings (SSSR count). The first-order chi connectivity index (χ1) is 19.3. The van der Waals surface area contributed by atoms with Gasteiger partial charge in [0.05, 0.1) is 5.52 Å². The number of carbonyl (C=O) groups excluding carboxylic acids is 3. The summed E-state index contributed by atoms with van der Waals surface area (Å²) in [6.45, 7) is 3.22. The zero-order valence-corrected chi connectivity index (χ0v) is 23.8. The van der Waals surface area contributed by atoms with Gasteiger partial charge in [-0.2, -0.15) is 5.10 Å². The fourth-order valence-electron chi connectivity index (χ4n) is 6.02. The predicted octanol–water partition coefficient (Wildman–Crippen LogP) is 4.57. The molecule has 3 fully saturated rings. The maximum atomic E-state index is 13.9. The van der Waals surface area contributed by atoms with E-state index >= 15 is 0 Å². The van der Waals surface area contributed by atoms with Gasteiger partial charge in [0.25, 0.3) is 0 Å². The van der Waals surface area contributed by atoms with Crippen LogP contribution in [0.3, 0.4) is 0 Å². The van der Waals surface area contributed by atoms with Crippen LogP contribution in [-0.4, -0.2) is 59.3 Å². The Labute approximate surface area is 239 Å². The molecule has 1 N–H and O–H groups in total. The number of pyridine rings is 1. The highest BCUT2D eigenvalue weighted by molar-refractivity contribution is 9.10. The van der Waals surface area contributed by atoms with Gasteiger partial charge in [-0.15, -0.1) is 0 Å². The molecule has 40 heavy (non-hydrogen) atoms. The van der Waals surface area contributed by atoms with Gasteiger partial charge >= 0.3 is 0 Å². The lowest BCUT2D eigenvalue weighted by atomic mass is 9.74. The van der Waals surface area contributed by atoms with E-state index in [1.54, 1.807) is 40.2 Å². The van der Waals surface area contributed by atoms with Gasteiger partial charge in [0.2, 0.25) is 11.8 Å². The third-order valence-corrected chi connectivity index (χ3v) is 8.33. The van der Waals surface area contributed by atoms with Crippen molar-refractivity contribution in [3.63, 3.8) is 0 Å². The summed E-state index contributed by atoms with van der Waals surface area (Å²) in [7, 11) is 0. The number of aromatic nitrogens is 5. The Morgan fingerprint density at radius 3 is 2.48 bits per heavy atom. The molecule has 2 amide bonds. The smallest absolute Gasteiger partial charge is 0.248 e. The third-order valence-electron chi connectivity index (χ3n) is 7.89. The number of carbonyl (C=O) groups is 3. The molecular weight excluding hydrogens is 574 g/mol. The third kappa shape index (κ3) is 4.90. The number of amides is 2. The molecule has 2 saturated heterocycles. The number of hydrogen-bond acceptors (Lipinski definition) is 7. The zero-order chi connectivity index (χ0) is 28.0. The van der Waals surface area contributed by atoms with Crippen LogP contribution in [0.1, 0.15) is 48.9 Å². The summed E-state index contributed by atoms with van der Waals surface area (Å²) in [5.74, 6) is 0.589. The topological polar surface area (TPSA) is 123 Å². The van der Waals surface area contributed by atoms with E-state index in [9.17, 15) is 14.4 Å². The number of hydrogen-bond donors (Lipinski definition) is 1. The van der Waals surface area contributed by atoms with Crippen molar-refractivity contribution in [1.29, 1.82) is 0 Å². The number of piperidine rings is 2. The van der Waals surface area contributed by atoms with Crippen molar-refractivity contribution in [2.24, 2.45) is 5.92 Å². The van der Waals surface area contributed by atoms with Crippen LogP contribution < -0.4 is 5.32 Å². The lowest BCUT2D eigenvalue weighted by Gasteiger charge is -2.50. The quantitative estimate of drug-likeness (QED) is 0.253. The van der Waals surface area contributed by atoms with E-state index < -0.39 is 6.04 Å². The van der Waals surface area contributed by atoms with E-state index in [4.69, 9.17) is 0 Å². The molecule has 1 saturated carbocycles. The molecule has 1 aromatic carbocycles. The van der Waals surface area contributed by atoms with Gasteiger partial charge in [0.15, 0.2) is 5.78 Å². The summed E-state index contributed by atoms with van der Waals surface area (Å²) in [6.07, 6.45) is 7.04. The fraction of sp³-hybridized carbons (Fsp3) is 0.345. The van der Waals surface area contributed by atoms with E-state index in [-0.39, 0.29) is 36.1 Å². The second kappa shape index (κ2) is 10.5. The van der Waals surface area contributed by atoms with Crippen molar-refractivity contribution in [3.8, 4) is 11.1 Å². The standard InChI is InChI=1S/C29H28BrN7O3/c1-16(38)27-22-12-19(20-13-31-17(2)32-14-20)8-11-23(22)36(35-27)15-26(39)37-21-9-6-18(7-10-21)28(37)29(40)34-25-5-3-4-24(30)33-25/h3-5,8,11-14,18,21,28H,6-7,9-10,15H2,1-2H3,(H,33,34,40)/t18?,21?,28-/m0/s1. The molecule has 1 atom stereocenters. The summed E-state index contributed by atoms with van der Waals surface area (Å²) in [5, 5.41) is 8.12. The Morgan fingerprint density at radius 1 is 1.02 bits per heavy atom. The van der Waals surface area contributed by atoms with Gasteiger partial charge in [0.1, 0.15) is 34.5 Å². The highest BCUT2D eigenvalue weighted by Gasteiger charge is 2.47. The number of halogens is 1. The molecule has 5 heterocycles. The molecular formula is C29H28BrN7O3. The maximum absolute atomic E-state index is 13.9. The number of aryl methyl sites for hydroxylation is 1. The minimum absolute atomic E-state index is 0.00837. The molecule has 10 nitrogen and oxygen atoms in total. The number of nitrogens with one attached hydrogen (secondary N) is 1. The van der Waals surface area contributed by atoms with Crippen molar-refractivity contribution in [2.75, 3.05) is 5.32 Å². The van der Waals surface area contributed by atoms with Crippen LogP contribution in [0.25, 0.3) is 22.0 Å². The largest absolute Gasteiger partial charge is 0.326 e. The Bertz CT molecular complexity index is 1630. The number of anilines is 1. The summed E-state index contributed by atoms with van der Waals surface area (Å²) >= 11 is 3.34. The number of rotatable bonds is 6. The van der Waals surface area contributed by atoms with Gasteiger partial charge in [-0.1, -0.05) is 12.1 Å². The monoisotopic (exact) mass is 601 g/mol. The molecule has 3 aromatic heterocycles. The minimum atomic E-state index is -0.581. The summed E-state index contributed by atoms with van der Waals surface area (Å²) in [4.78, 5) is 54.5. The van der Waals surface area contributed by atoms with Crippen molar-refractivity contribution < 1.29 is 14.4 Å². The fourth-order valence-corrected chi connectivity index (χ4v) is 6.36. The second-order valence-corrected chi connectivity index (χ2v) is 11.3. The molecule has 0 radical (unpaired) electrons. The van der Waals surface area contributed by atoms with Crippen LogP contribution in [0.2, 0.25) is 0 Å². The maximum Gasteiger partial charge on any atom is 0.248 e. The van der Waals surface area contributed by atoms with E-state index in [1.165, 1.54) is 6.92 Å². The van der Waals surface area contributed by atoms with E-state index in [1.807, 2.05) is 25.1 Å². The molecule has 204 valence electrons. The molecule has 1 aliphatic carbocycles. The first kappa shape index (κ1) is 26.2. The first-order valence-electron chi connectivity index (χ1n) is 13.3. The van der Waals surface area contributed by atoms with Gasteiger partial charge in [0, 0.05) is 36.3 Å². The number of nitrogens with zero attached hydrogens (tertiary/aromatic N) is 6. The van der Waals surface area contributed by atoms with Gasteiger partial charge < -0.3 is 10.2 Å². The van der Waals surface area contributed by atoms with Crippen molar-refractivity contribution in [3.05, 3.63) is 64.9 Å². The lowest BCUT2D eigenvalue weighted by Crippen LogP contribution is -2.62. The molecule has 0 spiro atoms. The summed E-state index contributed by atoms with van der Waals surface area (Å²) in [6, 6.07) is 10.4. The number of Topliss-reactive ketones (excluding diaryl/α,β-unsaturated/α-hetero) is 1. The van der Waals surface area contributed by atoms with E-state index in [0.29, 0.717) is 32.8 Å². The van der Waals surface area contributed by atoms with E-state index in [2.05, 4.69) is 41.3 Å². The Morgan fingerprint density at radius 2 is 1.77 bits per heavy atom. The highest BCUT2D eigenvalue weighted by atomic mass is 79.9. The van der Waals surface area contributed by atoms with Crippen molar-refractivity contribution in [2.45, 2.75) is 58.2 Å². The SMILES string of the molecule is CC(=O)c1nn(CC(=O)N2C3CCC(CC3)[C@H]2C(=O)Nc2cccc(Br)n2)c2ccc(-c3cnc(C)nc3)cc12. The van der Waals surface area contributed by atoms with Crippen LogP contribution in [0.4, 0.5) is 5.82 Å². The van der Waals surface area contributed by atoms with Crippen LogP contribution in [0.15, 0.2) is 53.4 Å². The Kier molecular flexibility index (Phi) is 6.91. The lowest BCUT2D eigenvalue weighted by molar-refractivity contribution is -0.151. The second-order valence-electron chi connectivity index (χ2n) is 10.5. The molecule has 2 aliphatic heterocycles. The van der Waals surface area contributed by atoms with E-state index in [0.717, 1.165) is 36.8 Å². The van der Waals surface area contributed by atoms with Crippen LogP contribution in [-0.2, 0) is 16.1 Å². The first-order valence-corrected chi connectivity index (χ1v) is 14.1. The Hall–Kier alpha value is -3.99. The predicted molar refractivity (Wildman–Crippen MR) is 152 cm³/mol. The van der Waals surface area contributed by atoms with Crippen molar-refractivity contribution >= 4 is 50.2 Å². The number of benzene rings is 1. The van der Waals surface area contributed by atoms with Crippen LogP contribution in [0, 0.1) is 12.8 Å². The molecule has 11 heteroatoms. The van der Waals surface area contributed by atoms with Gasteiger partial charge in [-0.05, 0) is 84.3 Å². The van der Waals surface area contributed by atoms with Gasteiger partial charge in [-0.25, -0.2) is 15.0 Å². The van der Waals surface area contributed by atoms with Crippen LogP contribution >= 0.6 is 15.9 Å². The average molecular weight is 602 g/mol. The summed E-state index contributed by atoms with van der Waals surface area (Å²) < 4.78 is 2.20. The summed E-state index contributed by atoms with van der Waals surface area (Å²) in [5.41, 5.74) is 2.65. The molecule has 4 aromatic rings. The van der Waals surface area contributed by atoms with Crippen molar-refractivity contribution in [1.82, 2.24) is 29.6 Å².